The van der Waals surface area contributed by atoms with Gasteiger partial charge in [0.05, 0.1) is 16.9 Å². The Bertz CT molecular complexity index is 1240. The molecule has 0 atom stereocenters. The summed E-state index contributed by atoms with van der Waals surface area (Å²) in [6.45, 7) is 2.44. The molecule has 0 spiro atoms. The largest absolute Gasteiger partial charge is 0.301 e. The van der Waals surface area contributed by atoms with E-state index in [0.29, 0.717) is 37.1 Å². The van der Waals surface area contributed by atoms with Crippen molar-refractivity contribution < 1.29 is 22.0 Å². The molecule has 11 heteroatoms. The monoisotopic (exact) mass is 435 g/mol. The molecule has 0 unspecified atom stereocenters. The van der Waals surface area contributed by atoms with Gasteiger partial charge in [-0.1, -0.05) is 0 Å². The van der Waals surface area contributed by atoms with Gasteiger partial charge in [-0.25, -0.2) is 18.3 Å². The Balaban J connectivity index is 1.61. The highest BCUT2D eigenvalue weighted by atomic mass is 32.2. The van der Waals surface area contributed by atoms with Crippen molar-refractivity contribution in [3.8, 4) is 0 Å². The Morgan fingerprint density at radius 3 is 2.70 bits per heavy atom. The second-order valence-corrected chi connectivity index (χ2v) is 8.82. The lowest BCUT2D eigenvalue weighted by Gasteiger charge is -2.18. The number of halogens is 2. The van der Waals surface area contributed by atoms with E-state index in [1.165, 1.54) is 15.0 Å². The fourth-order valence-corrected chi connectivity index (χ4v) is 4.72. The number of aryl methyl sites for hydroxylation is 1. The second-order valence-electron chi connectivity index (χ2n) is 7.15. The van der Waals surface area contributed by atoms with Gasteiger partial charge in [0.25, 0.3) is 0 Å². The van der Waals surface area contributed by atoms with Gasteiger partial charge >= 0.3 is 10.2 Å². The molecule has 3 aromatic rings. The summed E-state index contributed by atoms with van der Waals surface area (Å²) in [4.78, 5) is 16.8. The van der Waals surface area contributed by atoms with Crippen molar-refractivity contribution in [1.29, 1.82) is 0 Å². The third-order valence-corrected chi connectivity index (χ3v) is 6.39. The van der Waals surface area contributed by atoms with E-state index in [1.807, 2.05) is 0 Å². The smallest absolute Gasteiger partial charge is 0.294 e. The van der Waals surface area contributed by atoms with Crippen LogP contribution in [0.3, 0.4) is 0 Å². The number of aromatic nitrogens is 3. The van der Waals surface area contributed by atoms with E-state index in [4.69, 9.17) is 0 Å². The quantitative estimate of drug-likeness (QED) is 0.600. The minimum atomic E-state index is -3.98. The van der Waals surface area contributed by atoms with Crippen LogP contribution in [-0.2, 0) is 16.6 Å². The van der Waals surface area contributed by atoms with Gasteiger partial charge in [0.2, 0.25) is 0 Å². The first-order chi connectivity index (χ1) is 14.2. The van der Waals surface area contributed by atoms with Crippen LogP contribution in [0.2, 0.25) is 0 Å². The van der Waals surface area contributed by atoms with Crippen molar-refractivity contribution in [2.45, 2.75) is 26.2 Å². The van der Waals surface area contributed by atoms with Crippen molar-refractivity contribution in [3.05, 3.63) is 59.0 Å². The summed E-state index contributed by atoms with van der Waals surface area (Å²) in [6.07, 6.45) is 4.10. The lowest BCUT2D eigenvalue weighted by molar-refractivity contribution is 0.0984. The Kier molecular flexibility index (Phi) is 5.24. The van der Waals surface area contributed by atoms with Crippen LogP contribution in [0.25, 0.3) is 5.65 Å². The predicted octanol–water partition coefficient (Wildman–Crippen LogP) is 2.49. The fraction of sp³-hybridized carbons (Fsp3) is 0.316. The summed E-state index contributed by atoms with van der Waals surface area (Å²) in [7, 11) is -3.98. The topological polar surface area (TPSA) is 96.7 Å². The van der Waals surface area contributed by atoms with Crippen molar-refractivity contribution >= 4 is 27.3 Å². The molecule has 30 heavy (non-hydrogen) atoms. The molecular weight excluding hydrogens is 416 g/mol. The summed E-state index contributed by atoms with van der Waals surface area (Å²) in [5.41, 5.74) is 0.467. The molecule has 2 aromatic heterocycles. The number of hydrogen-bond acceptors (Lipinski definition) is 5. The van der Waals surface area contributed by atoms with E-state index in [9.17, 15) is 22.0 Å². The molecule has 0 saturated carbocycles. The zero-order valence-electron chi connectivity index (χ0n) is 16.1. The summed E-state index contributed by atoms with van der Waals surface area (Å²) < 4.78 is 58.8. The number of Topliss-reactive ketones (excluding diaryl/α,β-unsaturated/α-hetero) is 1. The van der Waals surface area contributed by atoms with Crippen LogP contribution in [0.1, 0.15) is 34.5 Å². The molecular formula is C19H19F2N5O3S. The lowest BCUT2D eigenvalue weighted by atomic mass is 10.0. The van der Waals surface area contributed by atoms with Gasteiger partial charge in [-0.2, -0.15) is 17.8 Å². The van der Waals surface area contributed by atoms with Crippen LogP contribution >= 0.6 is 0 Å². The number of anilines is 1. The van der Waals surface area contributed by atoms with Crippen LogP contribution in [0.4, 0.5) is 14.5 Å². The molecule has 8 nitrogen and oxygen atoms in total. The number of benzene rings is 1. The summed E-state index contributed by atoms with van der Waals surface area (Å²) >= 11 is 0. The summed E-state index contributed by atoms with van der Waals surface area (Å²) in [6, 6.07) is 3.59. The highest BCUT2D eigenvalue weighted by molar-refractivity contribution is 7.90. The summed E-state index contributed by atoms with van der Waals surface area (Å²) in [5, 5.41) is 4.19. The molecule has 1 N–H and O–H groups in total. The average Bonchev–Trinajstić information content (AvgIpc) is 3.33. The first-order valence-corrected chi connectivity index (χ1v) is 10.8. The average molecular weight is 435 g/mol. The van der Waals surface area contributed by atoms with Gasteiger partial charge in [0, 0.05) is 38.0 Å². The molecule has 1 aromatic carbocycles. The van der Waals surface area contributed by atoms with E-state index in [0.717, 1.165) is 17.8 Å². The second kappa shape index (κ2) is 7.73. The number of carbonyl (C=O) groups excluding carboxylic acids is 1. The van der Waals surface area contributed by atoms with Crippen molar-refractivity contribution in [3.63, 3.8) is 0 Å². The number of carbonyl (C=O) groups is 1. The lowest BCUT2D eigenvalue weighted by Crippen LogP contribution is -2.33. The van der Waals surface area contributed by atoms with Crippen LogP contribution in [0, 0.1) is 18.6 Å². The predicted molar refractivity (Wildman–Crippen MR) is 105 cm³/mol. The number of hydrogen-bond donors (Lipinski definition) is 1. The Morgan fingerprint density at radius 2 is 1.97 bits per heavy atom. The van der Waals surface area contributed by atoms with Gasteiger partial charge in [-0.05, 0) is 37.5 Å². The maximum atomic E-state index is 14.9. The first-order valence-electron chi connectivity index (χ1n) is 9.34. The van der Waals surface area contributed by atoms with Gasteiger partial charge in [-0.3, -0.25) is 9.52 Å². The highest BCUT2D eigenvalue weighted by Crippen LogP contribution is 2.25. The van der Waals surface area contributed by atoms with Crippen LogP contribution in [0.5, 0.6) is 0 Å². The van der Waals surface area contributed by atoms with Gasteiger partial charge in [-0.15, -0.1) is 0 Å². The van der Waals surface area contributed by atoms with Crippen LogP contribution < -0.4 is 4.72 Å². The third-order valence-electron chi connectivity index (χ3n) is 4.87. The minimum Gasteiger partial charge on any atom is -0.294 e. The number of fused-ring (bicyclic) bond motifs is 1. The standard InChI is InChI=1S/C19H19F2N5O3S/c1-12-8-17-22-10-13(11-26(17)23-12)9-16(27)18-14(20)4-5-15(19(18)21)24-30(28,29)25-6-2-3-7-25/h4-5,8,10-11,24H,2-3,6-7,9H2,1H3. The van der Waals surface area contributed by atoms with E-state index in [2.05, 4.69) is 14.8 Å². The Labute approximate surface area is 171 Å². The summed E-state index contributed by atoms with van der Waals surface area (Å²) in [5.74, 6) is -3.14. The van der Waals surface area contributed by atoms with E-state index in [-0.39, 0.29) is 6.42 Å². The van der Waals surface area contributed by atoms with Gasteiger partial charge < -0.3 is 0 Å². The third kappa shape index (κ3) is 3.90. The van der Waals surface area contributed by atoms with Crippen molar-refractivity contribution in [1.82, 2.24) is 18.9 Å². The van der Waals surface area contributed by atoms with Crippen molar-refractivity contribution in [2.24, 2.45) is 0 Å². The normalized spacial score (nSPS) is 15.0. The Hall–Kier alpha value is -2.92. The number of nitrogens with zero attached hydrogens (tertiary/aromatic N) is 4. The number of ketones is 1. The molecule has 158 valence electrons. The maximum absolute atomic E-state index is 14.9. The number of rotatable bonds is 6. The molecule has 0 radical (unpaired) electrons. The minimum absolute atomic E-state index is 0.321. The molecule has 1 saturated heterocycles. The molecule has 0 aliphatic carbocycles. The molecule has 3 heterocycles. The van der Waals surface area contributed by atoms with Gasteiger partial charge in [0.1, 0.15) is 5.82 Å². The van der Waals surface area contributed by atoms with Crippen LogP contribution in [0.15, 0.2) is 30.6 Å². The highest BCUT2D eigenvalue weighted by Gasteiger charge is 2.28. The first kappa shape index (κ1) is 20.4. The molecule has 4 rings (SSSR count). The van der Waals surface area contributed by atoms with Crippen LogP contribution in [-0.4, -0.2) is 46.2 Å². The van der Waals surface area contributed by atoms with E-state index < -0.39 is 38.9 Å². The van der Waals surface area contributed by atoms with E-state index in [1.54, 1.807) is 19.2 Å². The van der Waals surface area contributed by atoms with Crippen molar-refractivity contribution in [2.75, 3.05) is 17.8 Å². The molecule has 1 fully saturated rings. The van der Waals surface area contributed by atoms with E-state index >= 15 is 0 Å². The molecule has 1 aliphatic heterocycles. The fourth-order valence-electron chi connectivity index (χ4n) is 3.42. The zero-order chi connectivity index (χ0) is 21.5. The molecule has 0 amide bonds. The van der Waals surface area contributed by atoms with Gasteiger partial charge in [0.15, 0.2) is 17.2 Å². The number of nitrogens with one attached hydrogen (secondary N) is 1. The zero-order valence-corrected chi connectivity index (χ0v) is 16.9. The Morgan fingerprint density at radius 1 is 1.23 bits per heavy atom. The maximum Gasteiger partial charge on any atom is 0.301 e. The SMILES string of the molecule is Cc1cc2ncc(CC(=O)c3c(F)ccc(NS(=O)(=O)N4CCCC4)c3F)cn2n1. The molecule has 1 aliphatic rings. The molecule has 0 bridgehead atoms.